The Morgan fingerprint density at radius 2 is 2.09 bits per heavy atom. The Labute approximate surface area is 139 Å². The molecule has 4 nitrogen and oxygen atoms in total. The number of oxazole rings is 1. The van der Waals surface area contributed by atoms with Crippen molar-refractivity contribution in [1.82, 2.24) is 4.98 Å². The van der Waals surface area contributed by atoms with Gasteiger partial charge in [0.15, 0.2) is 11.9 Å². The first-order chi connectivity index (χ1) is 10.7. The van der Waals surface area contributed by atoms with Crippen LogP contribution in [0.4, 0.5) is 5.69 Å². The van der Waals surface area contributed by atoms with Crippen molar-refractivity contribution in [2.24, 2.45) is 0 Å². The highest BCUT2D eigenvalue weighted by atomic mass is 79.9. The number of nitrogens with one attached hydrogen (secondary N) is 1. The van der Waals surface area contributed by atoms with Gasteiger partial charge in [0.2, 0.25) is 5.89 Å². The first-order valence-electron chi connectivity index (χ1n) is 6.40. The van der Waals surface area contributed by atoms with Gasteiger partial charge in [-0.15, -0.1) is 0 Å². The predicted octanol–water partition coefficient (Wildman–Crippen LogP) is 4.90. The molecule has 0 bridgehead atoms. The van der Waals surface area contributed by atoms with Gasteiger partial charge in [-0.2, -0.15) is 0 Å². The van der Waals surface area contributed by atoms with E-state index in [9.17, 15) is 4.79 Å². The third kappa shape index (κ3) is 3.05. The molecule has 0 amide bonds. The molecule has 1 N–H and O–H groups in total. The van der Waals surface area contributed by atoms with Crippen molar-refractivity contribution < 1.29 is 9.21 Å². The van der Waals surface area contributed by atoms with Gasteiger partial charge in [0.1, 0.15) is 5.52 Å². The molecular formula is C16H10BrClN2O2. The summed E-state index contributed by atoms with van der Waals surface area (Å²) in [5.74, 6) is 0.242. The summed E-state index contributed by atoms with van der Waals surface area (Å²) >= 11 is 9.34. The van der Waals surface area contributed by atoms with Crippen LogP contribution in [0, 0.1) is 0 Å². The largest absolute Gasteiger partial charge is 0.436 e. The van der Waals surface area contributed by atoms with Gasteiger partial charge >= 0.3 is 0 Å². The van der Waals surface area contributed by atoms with Crippen molar-refractivity contribution in [1.29, 1.82) is 0 Å². The number of hydrogen-bond donors (Lipinski definition) is 1. The normalized spacial score (nSPS) is 11.6. The molecule has 0 spiro atoms. The minimum atomic E-state index is 0.242. The third-order valence-electron chi connectivity index (χ3n) is 2.98. The Morgan fingerprint density at radius 3 is 2.86 bits per heavy atom. The molecule has 0 saturated carbocycles. The molecule has 0 saturated heterocycles. The van der Waals surface area contributed by atoms with Crippen LogP contribution in [-0.4, -0.2) is 11.3 Å². The molecular weight excluding hydrogens is 368 g/mol. The number of nitrogens with zero attached hydrogens (tertiary/aromatic N) is 1. The molecule has 0 radical (unpaired) electrons. The van der Waals surface area contributed by atoms with Gasteiger partial charge in [0.25, 0.3) is 0 Å². The minimum Gasteiger partial charge on any atom is -0.436 e. The lowest BCUT2D eigenvalue weighted by Crippen LogP contribution is -1.94. The molecule has 2 aromatic carbocycles. The fourth-order valence-corrected chi connectivity index (χ4v) is 2.47. The van der Waals surface area contributed by atoms with Crippen LogP contribution in [0.3, 0.4) is 0 Å². The zero-order chi connectivity index (χ0) is 15.5. The Kier molecular flexibility index (Phi) is 4.27. The summed E-state index contributed by atoms with van der Waals surface area (Å²) in [4.78, 5) is 15.6. The van der Waals surface area contributed by atoms with E-state index in [1.54, 1.807) is 24.4 Å². The number of allylic oxidation sites excluding steroid dienone is 1. The highest BCUT2D eigenvalue weighted by molar-refractivity contribution is 9.10. The topological polar surface area (TPSA) is 55.1 Å². The van der Waals surface area contributed by atoms with E-state index in [1.165, 1.54) is 0 Å². The smallest absolute Gasteiger partial charge is 0.232 e. The van der Waals surface area contributed by atoms with E-state index in [1.807, 2.05) is 24.3 Å². The van der Waals surface area contributed by atoms with E-state index < -0.39 is 0 Å². The van der Waals surface area contributed by atoms with Gasteiger partial charge < -0.3 is 9.73 Å². The summed E-state index contributed by atoms with van der Waals surface area (Å²) in [6.45, 7) is 0. The second-order valence-electron chi connectivity index (χ2n) is 4.47. The van der Waals surface area contributed by atoms with Gasteiger partial charge in [-0.05, 0) is 46.3 Å². The number of hydrogen-bond acceptors (Lipinski definition) is 4. The van der Waals surface area contributed by atoms with Crippen LogP contribution in [-0.2, 0) is 4.79 Å². The van der Waals surface area contributed by atoms with E-state index in [4.69, 9.17) is 16.0 Å². The van der Waals surface area contributed by atoms with Gasteiger partial charge in [-0.3, -0.25) is 4.79 Å². The number of para-hydroxylation sites is 1. The number of anilines is 1. The van der Waals surface area contributed by atoms with Crippen LogP contribution in [0.5, 0.6) is 0 Å². The lowest BCUT2D eigenvalue weighted by atomic mass is 10.3. The average molecular weight is 378 g/mol. The quantitative estimate of drug-likeness (QED) is 0.519. The summed E-state index contributed by atoms with van der Waals surface area (Å²) in [7, 11) is 0. The van der Waals surface area contributed by atoms with Crippen molar-refractivity contribution >= 4 is 56.2 Å². The molecule has 0 aliphatic heterocycles. The highest BCUT2D eigenvalue weighted by Crippen LogP contribution is 2.25. The van der Waals surface area contributed by atoms with Crippen molar-refractivity contribution in [3.05, 3.63) is 64.1 Å². The Balaban J connectivity index is 1.93. The number of benzene rings is 2. The number of rotatable bonds is 4. The Morgan fingerprint density at radius 1 is 1.27 bits per heavy atom. The number of halogens is 2. The standard InChI is InChI=1S/C16H10BrClN2O2/c17-12-3-1-2-4-13(12)19-8-10(9-21)16-20-14-7-11(18)5-6-15(14)22-16/h1-9,19H. The van der Waals surface area contributed by atoms with Crippen LogP contribution in [0.15, 0.2) is 57.6 Å². The second kappa shape index (κ2) is 6.34. The van der Waals surface area contributed by atoms with Gasteiger partial charge in [-0.1, -0.05) is 23.7 Å². The first-order valence-corrected chi connectivity index (χ1v) is 7.57. The molecule has 0 atom stereocenters. The number of carbonyl (C=O) groups excluding carboxylic acids is 1. The molecule has 6 heteroatoms. The van der Waals surface area contributed by atoms with Gasteiger partial charge in [0, 0.05) is 15.7 Å². The summed E-state index contributed by atoms with van der Waals surface area (Å²) in [6.07, 6.45) is 2.25. The molecule has 0 aliphatic rings. The van der Waals surface area contributed by atoms with Crippen LogP contribution >= 0.6 is 27.5 Å². The van der Waals surface area contributed by atoms with Crippen molar-refractivity contribution in [2.45, 2.75) is 0 Å². The first kappa shape index (κ1) is 14.8. The minimum absolute atomic E-state index is 0.242. The van der Waals surface area contributed by atoms with Gasteiger partial charge in [0.05, 0.1) is 11.3 Å². The van der Waals surface area contributed by atoms with Crippen molar-refractivity contribution in [3.8, 4) is 0 Å². The van der Waals surface area contributed by atoms with E-state index in [0.717, 1.165) is 10.2 Å². The maximum atomic E-state index is 11.3. The van der Waals surface area contributed by atoms with Crippen LogP contribution < -0.4 is 5.32 Å². The fourth-order valence-electron chi connectivity index (χ4n) is 1.90. The zero-order valence-electron chi connectivity index (χ0n) is 11.2. The molecule has 110 valence electrons. The maximum absolute atomic E-state index is 11.3. The van der Waals surface area contributed by atoms with Crippen LogP contribution in [0.2, 0.25) is 5.02 Å². The van der Waals surface area contributed by atoms with E-state index in [0.29, 0.717) is 28.0 Å². The summed E-state index contributed by atoms with van der Waals surface area (Å²) < 4.78 is 6.46. The molecule has 0 aliphatic carbocycles. The van der Waals surface area contributed by atoms with Crippen LogP contribution in [0.25, 0.3) is 16.7 Å². The number of carbonyl (C=O) groups is 1. The van der Waals surface area contributed by atoms with E-state index in [-0.39, 0.29) is 5.89 Å². The molecule has 1 heterocycles. The molecule has 0 unspecified atom stereocenters. The summed E-state index contributed by atoms with van der Waals surface area (Å²) in [6, 6.07) is 12.7. The molecule has 0 fully saturated rings. The second-order valence-corrected chi connectivity index (χ2v) is 5.76. The fraction of sp³-hybridized carbons (Fsp3) is 0. The van der Waals surface area contributed by atoms with Crippen molar-refractivity contribution in [3.63, 3.8) is 0 Å². The Bertz CT molecular complexity index is 873. The van der Waals surface area contributed by atoms with Crippen molar-refractivity contribution in [2.75, 3.05) is 5.32 Å². The maximum Gasteiger partial charge on any atom is 0.232 e. The highest BCUT2D eigenvalue weighted by Gasteiger charge is 2.11. The average Bonchev–Trinajstić information content (AvgIpc) is 2.92. The predicted molar refractivity (Wildman–Crippen MR) is 90.8 cm³/mol. The number of fused-ring (bicyclic) bond motifs is 1. The zero-order valence-corrected chi connectivity index (χ0v) is 13.6. The Hall–Kier alpha value is -2.11. The van der Waals surface area contributed by atoms with E-state index >= 15 is 0 Å². The van der Waals surface area contributed by atoms with E-state index in [2.05, 4.69) is 26.2 Å². The van der Waals surface area contributed by atoms with Gasteiger partial charge in [-0.25, -0.2) is 4.98 Å². The summed E-state index contributed by atoms with van der Waals surface area (Å²) in [5, 5.41) is 3.62. The lowest BCUT2D eigenvalue weighted by molar-refractivity contribution is -0.103. The molecule has 3 aromatic rings. The molecule has 22 heavy (non-hydrogen) atoms. The third-order valence-corrected chi connectivity index (χ3v) is 3.91. The molecule has 1 aromatic heterocycles. The number of aromatic nitrogens is 1. The summed E-state index contributed by atoms with van der Waals surface area (Å²) in [5.41, 5.74) is 2.33. The number of aldehydes is 1. The lowest BCUT2D eigenvalue weighted by Gasteiger charge is -2.03. The molecule has 3 rings (SSSR count). The monoisotopic (exact) mass is 376 g/mol. The SMILES string of the molecule is O=CC(=CNc1ccccc1Br)c1nc2cc(Cl)ccc2o1. The van der Waals surface area contributed by atoms with Crippen LogP contribution in [0.1, 0.15) is 5.89 Å².